The number of benzene rings is 1. The Hall–Kier alpha value is -0.390. The highest BCUT2D eigenvalue weighted by Crippen LogP contribution is 2.29. The number of carbonyl (C=O) groups excluding carboxylic acids is 1. The van der Waals surface area contributed by atoms with Gasteiger partial charge in [-0.1, -0.05) is 31.9 Å². The largest absolute Gasteiger partial charge is 0.334 e. The summed E-state index contributed by atoms with van der Waals surface area (Å²) in [6.07, 6.45) is 2.35. The molecule has 1 amide bonds. The number of nitrogens with zero attached hydrogens (tertiary/aromatic N) is 1. The monoisotopic (exact) mass is 386 g/mol. The minimum absolute atomic E-state index is 0.153. The van der Waals surface area contributed by atoms with Gasteiger partial charge in [-0.25, -0.2) is 0 Å². The Labute approximate surface area is 130 Å². The fourth-order valence-electron chi connectivity index (χ4n) is 3.16. The summed E-state index contributed by atoms with van der Waals surface area (Å²) in [6, 6.07) is 6.13. The third-order valence-electron chi connectivity index (χ3n) is 4.05. The summed E-state index contributed by atoms with van der Waals surface area (Å²) in [7, 11) is 0. The molecule has 2 heterocycles. The number of carbonyl (C=O) groups is 1. The summed E-state index contributed by atoms with van der Waals surface area (Å²) in [5.74, 6) is 0.786. The van der Waals surface area contributed by atoms with E-state index in [4.69, 9.17) is 0 Å². The SMILES string of the molecule is O=C(c1cc(Br)cc(Br)c1)N1CCCC2CNCC21. The van der Waals surface area contributed by atoms with Gasteiger partial charge in [-0.15, -0.1) is 0 Å². The third kappa shape index (κ3) is 2.73. The summed E-state index contributed by atoms with van der Waals surface area (Å²) in [5, 5.41) is 3.41. The number of fused-ring (bicyclic) bond motifs is 1. The second kappa shape index (κ2) is 5.54. The topological polar surface area (TPSA) is 32.3 Å². The number of nitrogens with one attached hydrogen (secondary N) is 1. The third-order valence-corrected chi connectivity index (χ3v) is 4.96. The van der Waals surface area contributed by atoms with Gasteiger partial charge in [0, 0.05) is 40.2 Å². The molecule has 2 atom stereocenters. The maximum Gasteiger partial charge on any atom is 0.254 e. The lowest BCUT2D eigenvalue weighted by Gasteiger charge is -2.37. The second-order valence-corrected chi connectivity index (χ2v) is 7.12. The van der Waals surface area contributed by atoms with E-state index in [1.165, 1.54) is 6.42 Å². The molecule has 3 nitrogen and oxygen atoms in total. The van der Waals surface area contributed by atoms with Gasteiger partial charge in [0.25, 0.3) is 5.91 Å². The number of likely N-dealkylation sites (tertiary alicyclic amines) is 1. The van der Waals surface area contributed by atoms with E-state index in [2.05, 4.69) is 42.1 Å². The van der Waals surface area contributed by atoms with E-state index in [9.17, 15) is 4.79 Å². The first kappa shape index (κ1) is 13.6. The molecule has 0 saturated carbocycles. The van der Waals surface area contributed by atoms with Crippen LogP contribution in [0.4, 0.5) is 0 Å². The van der Waals surface area contributed by atoms with E-state index in [0.717, 1.165) is 40.6 Å². The molecule has 5 heteroatoms. The zero-order valence-electron chi connectivity index (χ0n) is 10.5. The Balaban J connectivity index is 1.86. The van der Waals surface area contributed by atoms with Crippen LogP contribution in [0, 0.1) is 5.92 Å². The van der Waals surface area contributed by atoms with Gasteiger partial charge in [0.1, 0.15) is 0 Å². The Morgan fingerprint density at radius 1 is 1.21 bits per heavy atom. The summed E-state index contributed by atoms with van der Waals surface area (Å²) in [5.41, 5.74) is 0.758. The average Bonchev–Trinajstić information content (AvgIpc) is 2.84. The minimum atomic E-state index is 0.153. The van der Waals surface area contributed by atoms with Crippen molar-refractivity contribution in [2.24, 2.45) is 5.92 Å². The molecular formula is C14H16Br2N2O. The molecule has 0 aliphatic carbocycles. The maximum atomic E-state index is 12.7. The maximum absolute atomic E-state index is 12.7. The number of hydrogen-bond acceptors (Lipinski definition) is 2. The van der Waals surface area contributed by atoms with Crippen LogP contribution in [-0.4, -0.2) is 36.5 Å². The van der Waals surface area contributed by atoms with Crippen LogP contribution in [0.5, 0.6) is 0 Å². The lowest BCUT2D eigenvalue weighted by Crippen LogP contribution is -2.48. The van der Waals surface area contributed by atoms with Gasteiger partial charge in [0.2, 0.25) is 0 Å². The van der Waals surface area contributed by atoms with Crippen LogP contribution in [0.1, 0.15) is 23.2 Å². The predicted octanol–water partition coefficient (Wildman–Crippen LogP) is 3.04. The number of rotatable bonds is 1. The van der Waals surface area contributed by atoms with Crippen LogP contribution in [0.15, 0.2) is 27.1 Å². The van der Waals surface area contributed by atoms with Crippen molar-refractivity contribution in [3.63, 3.8) is 0 Å². The molecule has 2 saturated heterocycles. The molecule has 2 fully saturated rings. The van der Waals surface area contributed by atoms with Gasteiger partial charge in [0.15, 0.2) is 0 Å². The molecule has 2 aliphatic rings. The van der Waals surface area contributed by atoms with Gasteiger partial charge in [-0.05, 0) is 37.0 Å². The minimum Gasteiger partial charge on any atom is -0.334 e. The first-order valence-corrected chi connectivity index (χ1v) is 8.21. The van der Waals surface area contributed by atoms with Gasteiger partial charge in [-0.2, -0.15) is 0 Å². The van der Waals surface area contributed by atoms with Crippen LogP contribution in [0.3, 0.4) is 0 Å². The Morgan fingerprint density at radius 2 is 1.95 bits per heavy atom. The summed E-state index contributed by atoms with van der Waals surface area (Å²) < 4.78 is 1.87. The second-order valence-electron chi connectivity index (χ2n) is 5.28. The lowest BCUT2D eigenvalue weighted by molar-refractivity contribution is 0.0574. The molecule has 0 spiro atoms. The van der Waals surface area contributed by atoms with Crippen molar-refractivity contribution in [3.05, 3.63) is 32.7 Å². The van der Waals surface area contributed by atoms with E-state index in [-0.39, 0.29) is 5.91 Å². The van der Waals surface area contributed by atoms with Crippen LogP contribution in [0.25, 0.3) is 0 Å². The Bertz CT molecular complexity index is 486. The molecule has 2 aliphatic heterocycles. The molecule has 0 aromatic heterocycles. The summed E-state index contributed by atoms with van der Waals surface area (Å²) in [4.78, 5) is 14.8. The summed E-state index contributed by atoms with van der Waals surface area (Å²) >= 11 is 6.90. The quantitative estimate of drug-likeness (QED) is 0.803. The highest BCUT2D eigenvalue weighted by molar-refractivity contribution is 9.11. The first-order valence-electron chi connectivity index (χ1n) is 6.63. The average molecular weight is 388 g/mol. The van der Waals surface area contributed by atoms with Crippen molar-refractivity contribution in [2.45, 2.75) is 18.9 Å². The van der Waals surface area contributed by atoms with Gasteiger partial charge < -0.3 is 10.2 Å². The number of halogens is 2. The van der Waals surface area contributed by atoms with Crippen molar-refractivity contribution < 1.29 is 4.79 Å². The highest BCUT2D eigenvalue weighted by atomic mass is 79.9. The van der Waals surface area contributed by atoms with E-state index < -0.39 is 0 Å². The molecule has 19 heavy (non-hydrogen) atoms. The normalized spacial score (nSPS) is 26.3. The Morgan fingerprint density at radius 3 is 2.68 bits per heavy atom. The van der Waals surface area contributed by atoms with Gasteiger partial charge >= 0.3 is 0 Å². The predicted molar refractivity (Wildman–Crippen MR) is 82.3 cm³/mol. The fraction of sp³-hybridized carbons (Fsp3) is 0.500. The molecule has 102 valence electrons. The molecule has 0 radical (unpaired) electrons. The molecule has 3 rings (SSSR count). The van der Waals surface area contributed by atoms with E-state index in [0.29, 0.717) is 12.0 Å². The first-order chi connectivity index (χ1) is 9.15. The van der Waals surface area contributed by atoms with Crippen molar-refractivity contribution >= 4 is 37.8 Å². The number of amides is 1. The van der Waals surface area contributed by atoms with Crippen LogP contribution >= 0.6 is 31.9 Å². The molecule has 1 aromatic rings. The zero-order valence-corrected chi connectivity index (χ0v) is 13.7. The zero-order chi connectivity index (χ0) is 13.4. The summed E-state index contributed by atoms with van der Waals surface area (Å²) in [6.45, 7) is 2.87. The molecular weight excluding hydrogens is 372 g/mol. The fourth-order valence-corrected chi connectivity index (χ4v) is 4.46. The number of piperidine rings is 1. The van der Waals surface area contributed by atoms with Crippen molar-refractivity contribution in [1.29, 1.82) is 0 Å². The van der Waals surface area contributed by atoms with E-state index >= 15 is 0 Å². The molecule has 1 N–H and O–H groups in total. The van der Waals surface area contributed by atoms with Crippen molar-refractivity contribution in [2.75, 3.05) is 19.6 Å². The molecule has 0 bridgehead atoms. The van der Waals surface area contributed by atoms with E-state index in [1.54, 1.807) is 0 Å². The van der Waals surface area contributed by atoms with Gasteiger partial charge in [0.05, 0.1) is 0 Å². The van der Waals surface area contributed by atoms with Crippen molar-refractivity contribution in [1.82, 2.24) is 10.2 Å². The van der Waals surface area contributed by atoms with Crippen molar-refractivity contribution in [3.8, 4) is 0 Å². The standard InChI is InChI=1S/C14H16Br2N2O/c15-11-4-10(5-12(16)6-11)14(19)18-3-1-2-9-7-17-8-13(9)18/h4-6,9,13,17H,1-3,7-8H2. The lowest BCUT2D eigenvalue weighted by atomic mass is 9.91. The van der Waals surface area contributed by atoms with Crippen LogP contribution in [0.2, 0.25) is 0 Å². The van der Waals surface area contributed by atoms with Crippen LogP contribution < -0.4 is 5.32 Å². The smallest absolute Gasteiger partial charge is 0.254 e. The Kier molecular flexibility index (Phi) is 3.96. The highest BCUT2D eigenvalue weighted by Gasteiger charge is 2.37. The van der Waals surface area contributed by atoms with Gasteiger partial charge in [-0.3, -0.25) is 4.79 Å². The molecule has 1 aromatic carbocycles. The number of hydrogen-bond donors (Lipinski definition) is 1. The molecule has 2 unspecified atom stereocenters. The van der Waals surface area contributed by atoms with E-state index in [1.807, 2.05) is 18.2 Å². The van der Waals surface area contributed by atoms with Crippen LogP contribution in [-0.2, 0) is 0 Å².